The highest BCUT2D eigenvalue weighted by molar-refractivity contribution is 6.30. The van der Waals surface area contributed by atoms with Crippen LogP contribution in [-0.4, -0.2) is 66.1 Å². The standard InChI is InChI=1S/C22H26ClN5O3/c1-27-8-7-14-9-17(11-24-19(14)13-27)25-21(29)20-10-18(31-2)12-28(20)22(30)26-16-5-3-15(23)4-6-16/h3-6,9,11,18,20H,7-8,10,12-13H2,1-2H3,(H,25,29)(H,26,30)/t18-,20-/m1/s1. The van der Waals surface area contributed by atoms with Crippen molar-refractivity contribution in [2.45, 2.75) is 31.5 Å². The molecule has 4 rings (SSSR count). The summed E-state index contributed by atoms with van der Waals surface area (Å²) in [6.07, 6.45) is 2.80. The van der Waals surface area contributed by atoms with E-state index < -0.39 is 6.04 Å². The summed E-state index contributed by atoms with van der Waals surface area (Å²) in [4.78, 5) is 34.2. The van der Waals surface area contributed by atoms with Crippen LogP contribution in [0.15, 0.2) is 36.5 Å². The average Bonchev–Trinajstić information content (AvgIpc) is 3.20. The first-order chi connectivity index (χ1) is 14.9. The number of urea groups is 1. The smallest absolute Gasteiger partial charge is 0.322 e. The number of likely N-dealkylation sites (tertiary alicyclic amines) is 1. The molecular weight excluding hydrogens is 418 g/mol. The fourth-order valence-electron chi connectivity index (χ4n) is 4.01. The lowest BCUT2D eigenvalue weighted by Crippen LogP contribution is -2.45. The zero-order chi connectivity index (χ0) is 22.0. The zero-order valence-corrected chi connectivity index (χ0v) is 18.4. The monoisotopic (exact) mass is 443 g/mol. The molecule has 3 heterocycles. The first kappa shape index (κ1) is 21.5. The van der Waals surface area contributed by atoms with Crippen molar-refractivity contribution >= 4 is 34.9 Å². The summed E-state index contributed by atoms with van der Waals surface area (Å²) in [5.41, 5.74) is 3.44. The SMILES string of the molecule is CO[C@@H]1C[C@H](C(=O)Nc2cnc3c(c2)CCN(C)C3)N(C(=O)Nc2ccc(Cl)cc2)C1. The number of carbonyl (C=O) groups excluding carboxylic acids is 2. The van der Waals surface area contributed by atoms with Gasteiger partial charge in [0.05, 0.1) is 23.7 Å². The third kappa shape index (κ3) is 4.98. The molecule has 2 aliphatic heterocycles. The van der Waals surface area contributed by atoms with Gasteiger partial charge in [0.15, 0.2) is 0 Å². The fourth-order valence-corrected chi connectivity index (χ4v) is 4.13. The van der Waals surface area contributed by atoms with Crippen molar-refractivity contribution in [3.05, 3.63) is 52.8 Å². The van der Waals surface area contributed by atoms with Crippen LogP contribution in [0.4, 0.5) is 16.2 Å². The van der Waals surface area contributed by atoms with Gasteiger partial charge in [-0.2, -0.15) is 0 Å². The van der Waals surface area contributed by atoms with E-state index in [0.29, 0.717) is 29.4 Å². The van der Waals surface area contributed by atoms with Crippen molar-refractivity contribution in [2.24, 2.45) is 0 Å². The molecule has 0 spiro atoms. The minimum atomic E-state index is -0.639. The maximum atomic E-state index is 13.1. The van der Waals surface area contributed by atoms with Crippen molar-refractivity contribution in [2.75, 3.05) is 37.9 Å². The largest absolute Gasteiger partial charge is 0.380 e. The number of pyridine rings is 1. The van der Waals surface area contributed by atoms with Crippen LogP contribution in [0, 0.1) is 0 Å². The Morgan fingerprint density at radius 2 is 1.97 bits per heavy atom. The molecule has 0 unspecified atom stereocenters. The van der Waals surface area contributed by atoms with Crippen molar-refractivity contribution in [3.8, 4) is 0 Å². The molecule has 2 aliphatic rings. The fraction of sp³-hybridized carbons (Fsp3) is 0.409. The van der Waals surface area contributed by atoms with Gasteiger partial charge in [0, 0.05) is 43.9 Å². The number of halogens is 1. The van der Waals surface area contributed by atoms with Crippen LogP contribution >= 0.6 is 11.6 Å². The second-order valence-corrected chi connectivity index (χ2v) is 8.44. The van der Waals surface area contributed by atoms with Crippen LogP contribution in [0.5, 0.6) is 0 Å². The number of ether oxygens (including phenoxy) is 1. The van der Waals surface area contributed by atoms with Gasteiger partial charge >= 0.3 is 6.03 Å². The summed E-state index contributed by atoms with van der Waals surface area (Å²) in [7, 11) is 3.65. The van der Waals surface area contributed by atoms with Gasteiger partial charge in [-0.05, 0) is 49.4 Å². The highest BCUT2D eigenvalue weighted by Crippen LogP contribution is 2.25. The predicted molar refractivity (Wildman–Crippen MR) is 119 cm³/mol. The van der Waals surface area contributed by atoms with Gasteiger partial charge in [0.1, 0.15) is 6.04 Å². The Kier molecular flexibility index (Phi) is 6.41. The molecule has 1 saturated heterocycles. The number of likely N-dealkylation sites (N-methyl/N-ethyl adjacent to an activating group) is 1. The maximum Gasteiger partial charge on any atom is 0.322 e. The summed E-state index contributed by atoms with van der Waals surface area (Å²) in [6.45, 7) is 2.10. The van der Waals surface area contributed by atoms with Gasteiger partial charge < -0.3 is 25.2 Å². The van der Waals surface area contributed by atoms with E-state index >= 15 is 0 Å². The van der Waals surface area contributed by atoms with Crippen molar-refractivity contribution in [1.82, 2.24) is 14.8 Å². The summed E-state index contributed by atoms with van der Waals surface area (Å²) in [5.74, 6) is -0.250. The van der Waals surface area contributed by atoms with Crippen LogP contribution in [-0.2, 0) is 22.5 Å². The van der Waals surface area contributed by atoms with E-state index in [0.717, 1.165) is 30.8 Å². The highest BCUT2D eigenvalue weighted by Gasteiger charge is 2.40. The number of rotatable bonds is 4. The lowest BCUT2D eigenvalue weighted by molar-refractivity contribution is -0.119. The minimum Gasteiger partial charge on any atom is -0.380 e. The highest BCUT2D eigenvalue weighted by atomic mass is 35.5. The summed E-state index contributed by atoms with van der Waals surface area (Å²) >= 11 is 5.91. The summed E-state index contributed by atoms with van der Waals surface area (Å²) in [6, 6.07) is 7.82. The Morgan fingerprint density at radius 3 is 2.71 bits per heavy atom. The molecule has 3 amide bonds. The summed E-state index contributed by atoms with van der Waals surface area (Å²) < 4.78 is 5.44. The number of benzene rings is 1. The van der Waals surface area contributed by atoms with Gasteiger partial charge in [0.25, 0.3) is 0 Å². The minimum absolute atomic E-state index is 0.205. The molecule has 0 aliphatic carbocycles. The average molecular weight is 444 g/mol. The number of hydrogen-bond acceptors (Lipinski definition) is 5. The van der Waals surface area contributed by atoms with Gasteiger partial charge in [-0.25, -0.2) is 4.79 Å². The molecule has 9 heteroatoms. The lowest BCUT2D eigenvalue weighted by Gasteiger charge is -2.25. The number of fused-ring (bicyclic) bond motifs is 1. The second-order valence-electron chi connectivity index (χ2n) is 8.01. The van der Waals surface area contributed by atoms with Crippen LogP contribution in [0.1, 0.15) is 17.7 Å². The number of methoxy groups -OCH3 is 1. The summed E-state index contributed by atoms with van der Waals surface area (Å²) in [5, 5.41) is 6.35. The van der Waals surface area contributed by atoms with Crippen LogP contribution in [0.2, 0.25) is 5.02 Å². The predicted octanol–water partition coefficient (Wildman–Crippen LogP) is 2.98. The Balaban J connectivity index is 1.46. The zero-order valence-electron chi connectivity index (χ0n) is 17.6. The van der Waals surface area contributed by atoms with Crippen molar-refractivity contribution < 1.29 is 14.3 Å². The van der Waals surface area contributed by atoms with Crippen LogP contribution < -0.4 is 10.6 Å². The first-order valence-electron chi connectivity index (χ1n) is 10.3. The molecule has 1 aromatic heterocycles. The third-order valence-electron chi connectivity index (χ3n) is 5.77. The van der Waals surface area contributed by atoms with Gasteiger partial charge in [0.2, 0.25) is 5.91 Å². The van der Waals surface area contributed by atoms with Gasteiger partial charge in [-0.3, -0.25) is 9.78 Å². The number of carbonyl (C=O) groups is 2. The Hall–Kier alpha value is -2.68. The molecule has 0 radical (unpaired) electrons. The van der Waals surface area contributed by atoms with Crippen LogP contribution in [0.25, 0.3) is 0 Å². The Bertz CT molecular complexity index is 968. The molecule has 2 N–H and O–H groups in total. The topological polar surface area (TPSA) is 86.8 Å². The quantitative estimate of drug-likeness (QED) is 0.758. The molecule has 2 aromatic rings. The Morgan fingerprint density at radius 1 is 1.19 bits per heavy atom. The van der Waals surface area contributed by atoms with E-state index in [1.54, 1.807) is 37.6 Å². The normalized spacial score (nSPS) is 20.9. The molecule has 0 saturated carbocycles. The number of hydrogen-bond donors (Lipinski definition) is 2. The van der Waals surface area contributed by atoms with E-state index in [4.69, 9.17) is 16.3 Å². The number of anilines is 2. The number of aromatic nitrogens is 1. The van der Waals surface area contributed by atoms with E-state index in [1.807, 2.05) is 6.07 Å². The molecule has 0 bridgehead atoms. The Labute approximate surface area is 186 Å². The molecule has 164 valence electrons. The van der Waals surface area contributed by atoms with Crippen molar-refractivity contribution in [3.63, 3.8) is 0 Å². The number of amides is 3. The third-order valence-corrected chi connectivity index (χ3v) is 6.02. The van der Waals surface area contributed by atoms with Gasteiger partial charge in [-0.1, -0.05) is 11.6 Å². The first-order valence-corrected chi connectivity index (χ1v) is 10.6. The molecular formula is C22H26ClN5O3. The molecule has 1 aromatic carbocycles. The maximum absolute atomic E-state index is 13.1. The van der Waals surface area contributed by atoms with E-state index in [9.17, 15) is 9.59 Å². The van der Waals surface area contributed by atoms with Gasteiger partial charge in [-0.15, -0.1) is 0 Å². The number of nitrogens with one attached hydrogen (secondary N) is 2. The molecule has 1 fully saturated rings. The van der Waals surface area contributed by atoms with E-state index in [-0.39, 0.29) is 18.0 Å². The second kappa shape index (κ2) is 9.21. The molecule has 8 nitrogen and oxygen atoms in total. The van der Waals surface area contributed by atoms with Crippen LogP contribution in [0.3, 0.4) is 0 Å². The van der Waals surface area contributed by atoms with E-state index in [1.165, 1.54) is 4.90 Å². The molecule has 31 heavy (non-hydrogen) atoms. The van der Waals surface area contributed by atoms with Crippen molar-refractivity contribution in [1.29, 1.82) is 0 Å². The molecule has 2 atom stereocenters. The van der Waals surface area contributed by atoms with E-state index in [2.05, 4.69) is 27.6 Å². The lowest BCUT2D eigenvalue weighted by atomic mass is 10.1. The number of nitrogens with zero attached hydrogens (tertiary/aromatic N) is 3.